The van der Waals surface area contributed by atoms with Crippen LogP contribution in [0.1, 0.15) is 46.0 Å². The summed E-state index contributed by atoms with van der Waals surface area (Å²) in [7, 11) is 0. The van der Waals surface area contributed by atoms with Gasteiger partial charge in [-0.2, -0.15) is 0 Å². The molecule has 0 aliphatic heterocycles. The lowest BCUT2D eigenvalue weighted by Crippen LogP contribution is -2.24. The molecule has 0 amide bonds. The van der Waals surface area contributed by atoms with Crippen LogP contribution >= 0.6 is 0 Å². The molecule has 1 aliphatic carbocycles. The molecule has 1 saturated carbocycles. The first kappa shape index (κ1) is 10.0. The Morgan fingerprint density at radius 1 is 1.25 bits per heavy atom. The average molecular weight is 169 g/mol. The van der Waals surface area contributed by atoms with Crippen molar-refractivity contribution in [3.63, 3.8) is 0 Å². The third kappa shape index (κ3) is 3.14. The molecule has 0 radical (unpaired) electrons. The zero-order chi connectivity index (χ0) is 8.81. The van der Waals surface area contributed by atoms with Crippen LogP contribution in [-0.4, -0.2) is 13.1 Å². The van der Waals surface area contributed by atoms with Gasteiger partial charge in [-0.1, -0.05) is 20.3 Å². The molecular weight excluding hydrogens is 146 g/mol. The molecule has 0 aromatic carbocycles. The number of nitrogens with one attached hydrogen (secondary N) is 1. The Morgan fingerprint density at radius 3 is 2.58 bits per heavy atom. The highest BCUT2D eigenvalue weighted by Crippen LogP contribution is 2.36. The summed E-state index contributed by atoms with van der Waals surface area (Å²) in [5.74, 6) is 2.09. The fourth-order valence-corrected chi connectivity index (χ4v) is 1.96. The second kappa shape index (κ2) is 5.58. The quantitative estimate of drug-likeness (QED) is 0.603. The summed E-state index contributed by atoms with van der Waals surface area (Å²) in [4.78, 5) is 0. The fraction of sp³-hybridized carbons (Fsp3) is 1.00. The molecule has 12 heavy (non-hydrogen) atoms. The van der Waals surface area contributed by atoms with E-state index in [1.54, 1.807) is 0 Å². The van der Waals surface area contributed by atoms with Gasteiger partial charge in [0.25, 0.3) is 0 Å². The van der Waals surface area contributed by atoms with Crippen molar-refractivity contribution in [3.05, 3.63) is 0 Å². The largest absolute Gasteiger partial charge is 0.317 e. The summed E-state index contributed by atoms with van der Waals surface area (Å²) in [5.41, 5.74) is 0. The summed E-state index contributed by atoms with van der Waals surface area (Å²) in [6.45, 7) is 7.05. The topological polar surface area (TPSA) is 12.0 Å². The first-order chi connectivity index (χ1) is 5.84. The van der Waals surface area contributed by atoms with Crippen LogP contribution < -0.4 is 5.32 Å². The normalized spacial score (nSPS) is 28.5. The van der Waals surface area contributed by atoms with Crippen molar-refractivity contribution in [3.8, 4) is 0 Å². The summed E-state index contributed by atoms with van der Waals surface area (Å²) in [6, 6.07) is 0. The van der Waals surface area contributed by atoms with E-state index in [2.05, 4.69) is 19.2 Å². The lowest BCUT2D eigenvalue weighted by atomic mass is 9.73. The molecule has 2 unspecified atom stereocenters. The van der Waals surface area contributed by atoms with Gasteiger partial charge in [0, 0.05) is 0 Å². The summed E-state index contributed by atoms with van der Waals surface area (Å²) >= 11 is 0. The van der Waals surface area contributed by atoms with E-state index in [4.69, 9.17) is 0 Å². The predicted octanol–water partition coefficient (Wildman–Crippen LogP) is 2.81. The van der Waals surface area contributed by atoms with Crippen LogP contribution in [0.25, 0.3) is 0 Å². The molecule has 1 fully saturated rings. The number of hydrogen-bond donors (Lipinski definition) is 1. The highest BCUT2D eigenvalue weighted by Gasteiger charge is 2.25. The van der Waals surface area contributed by atoms with Crippen LogP contribution in [0.3, 0.4) is 0 Å². The maximum Gasteiger partial charge on any atom is -0.00488 e. The van der Waals surface area contributed by atoms with Crippen molar-refractivity contribution in [1.29, 1.82) is 0 Å². The molecule has 0 spiro atoms. The number of rotatable bonds is 6. The summed E-state index contributed by atoms with van der Waals surface area (Å²) in [5, 5.41) is 3.45. The molecule has 0 aromatic rings. The molecule has 2 atom stereocenters. The molecule has 72 valence electrons. The van der Waals surface area contributed by atoms with E-state index in [1.807, 2.05) is 0 Å². The molecule has 1 aliphatic rings. The highest BCUT2D eigenvalue weighted by atomic mass is 14.8. The first-order valence-electron chi connectivity index (χ1n) is 5.55. The molecule has 1 heteroatoms. The maximum atomic E-state index is 3.45. The summed E-state index contributed by atoms with van der Waals surface area (Å²) < 4.78 is 0. The van der Waals surface area contributed by atoms with Gasteiger partial charge in [0.1, 0.15) is 0 Å². The Labute approximate surface area is 76.9 Å². The van der Waals surface area contributed by atoms with Gasteiger partial charge in [0.15, 0.2) is 0 Å². The minimum Gasteiger partial charge on any atom is -0.317 e. The monoisotopic (exact) mass is 169 g/mol. The lowest BCUT2D eigenvalue weighted by molar-refractivity contribution is 0.180. The summed E-state index contributed by atoms with van der Waals surface area (Å²) in [6.07, 6.45) is 7.08. The molecule has 0 heterocycles. The third-order valence-corrected chi connectivity index (χ3v) is 3.15. The van der Waals surface area contributed by atoms with Crippen LogP contribution in [0.15, 0.2) is 0 Å². The van der Waals surface area contributed by atoms with Crippen molar-refractivity contribution in [2.75, 3.05) is 13.1 Å². The van der Waals surface area contributed by atoms with Gasteiger partial charge in [-0.3, -0.25) is 0 Å². The Morgan fingerprint density at radius 2 is 2.08 bits per heavy atom. The molecule has 0 aromatic heterocycles. The molecule has 0 bridgehead atoms. The highest BCUT2D eigenvalue weighted by molar-refractivity contribution is 4.76. The Kier molecular flexibility index (Phi) is 4.67. The van der Waals surface area contributed by atoms with Gasteiger partial charge in [-0.25, -0.2) is 0 Å². The van der Waals surface area contributed by atoms with Gasteiger partial charge in [0.2, 0.25) is 0 Å². The van der Waals surface area contributed by atoms with Crippen molar-refractivity contribution in [2.24, 2.45) is 11.8 Å². The van der Waals surface area contributed by atoms with Crippen molar-refractivity contribution in [1.82, 2.24) is 5.32 Å². The van der Waals surface area contributed by atoms with Gasteiger partial charge >= 0.3 is 0 Å². The van der Waals surface area contributed by atoms with E-state index in [1.165, 1.54) is 45.2 Å². The van der Waals surface area contributed by atoms with E-state index in [9.17, 15) is 0 Å². The second-order valence-electron chi connectivity index (χ2n) is 4.21. The lowest BCUT2D eigenvalue weighted by Gasteiger charge is -2.33. The van der Waals surface area contributed by atoms with E-state index >= 15 is 0 Å². The van der Waals surface area contributed by atoms with E-state index in [-0.39, 0.29) is 0 Å². The Balaban J connectivity index is 1.82. The molecule has 0 saturated heterocycles. The Bertz CT molecular complexity index is 112. The Hall–Kier alpha value is -0.0400. The molecule has 1 rings (SSSR count). The van der Waals surface area contributed by atoms with E-state index in [0.29, 0.717) is 0 Å². The minimum absolute atomic E-state index is 1.02. The molecule has 1 nitrogen and oxygen atoms in total. The standard InChI is InChI=1S/C11H23N/c1-3-8-12-9-4-5-11-7-6-10(11)2/h10-12H,3-9H2,1-2H3. The third-order valence-electron chi connectivity index (χ3n) is 3.15. The van der Waals surface area contributed by atoms with Crippen molar-refractivity contribution >= 4 is 0 Å². The van der Waals surface area contributed by atoms with E-state index < -0.39 is 0 Å². The van der Waals surface area contributed by atoms with E-state index in [0.717, 1.165) is 11.8 Å². The molecular formula is C11H23N. The van der Waals surface area contributed by atoms with Gasteiger partial charge in [-0.05, 0) is 50.6 Å². The zero-order valence-electron chi connectivity index (χ0n) is 8.60. The first-order valence-corrected chi connectivity index (χ1v) is 5.55. The van der Waals surface area contributed by atoms with Crippen LogP contribution in [0.4, 0.5) is 0 Å². The average Bonchev–Trinajstić information content (AvgIpc) is 2.08. The SMILES string of the molecule is CCCNCCCC1CCC1C. The minimum atomic E-state index is 1.02. The fourth-order valence-electron chi connectivity index (χ4n) is 1.96. The van der Waals surface area contributed by atoms with Crippen LogP contribution in [0.2, 0.25) is 0 Å². The van der Waals surface area contributed by atoms with Crippen LogP contribution in [-0.2, 0) is 0 Å². The smallest absolute Gasteiger partial charge is 0.00488 e. The van der Waals surface area contributed by atoms with Crippen LogP contribution in [0.5, 0.6) is 0 Å². The van der Waals surface area contributed by atoms with Crippen molar-refractivity contribution in [2.45, 2.75) is 46.0 Å². The predicted molar refractivity (Wildman–Crippen MR) is 54.3 cm³/mol. The second-order valence-corrected chi connectivity index (χ2v) is 4.21. The zero-order valence-corrected chi connectivity index (χ0v) is 8.60. The van der Waals surface area contributed by atoms with Gasteiger partial charge in [-0.15, -0.1) is 0 Å². The van der Waals surface area contributed by atoms with Crippen LogP contribution in [0, 0.1) is 11.8 Å². The van der Waals surface area contributed by atoms with Gasteiger partial charge < -0.3 is 5.32 Å². The maximum absolute atomic E-state index is 3.45. The van der Waals surface area contributed by atoms with Crippen molar-refractivity contribution < 1.29 is 0 Å². The van der Waals surface area contributed by atoms with Gasteiger partial charge in [0.05, 0.1) is 0 Å². The molecule has 1 N–H and O–H groups in total. The number of hydrogen-bond acceptors (Lipinski definition) is 1.